The molecule has 0 saturated heterocycles. The van der Waals surface area contributed by atoms with Crippen LogP contribution in [0, 0.1) is 27.7 Å². The maximum Gasteiger partial charge on any atom is 0.266 e. The van der Waals surface area contributed by atoms with E-state index in [2.05, 4.69) is 5.32 Å². The number of ketones is 1. The van der Waals surface area contributed by atoms with Crippen LogP contribution in [0.2, 0.25) is 0 Å². The highest BCUT2D eigenvalue weighted by Crippen LogP contribution is 2.25. The lowest BCUT2D eigenvalue weighted by Gasteiger charge is -2.15. The van der Waals surface area contributed by atoms with E-state index in [-0.39, 0.29) is 29.0 Å². The smallest absolute Gasteiger partial charge is 0.266 e. The lowest BCUT2D eigenvalue weighted by Crippen LogP contribution is -2.30. The minimum absolute atomic E-state index is 0.0177. The first kappa shape index (κ1) is 26.4. The van der Waals surface area contributed by atoms with Crippen molar-refractivity contribution in [3.8, 4) is 5.69 Å². The van der Waals surface area contributed by atoms with Gasteiger partial charge in [0.1, 0.15) is 0 Å². The van der Waals surface area contributed by atoms with Crippen molar-refractivity contribution in [2.75, 3.05) is 5.75 Å². The maximum absolute atomic E-state index is 13.8. The van der Waals surface area contributed by atoms with Gasteiger partial charge in [-0.1, -0.05) is 35.5 Å². The van der Waals surface area contributed by atoms with Crippen molar-refractivity contribution in [3.63, 3.8) is 0 Å². The molecule has 0 bridgehead atoms. The van der Waals surface area contributed by atoms with E-state index in [4.69, 9.17) is 4.98 Å². The second-order valence-corrected chi connectivity index (χ2v) is 10.7. The van der Waals surface area contributed by atoms with Gasteiger partial charge in [0.2, 0.25) is 0 Å². The van der Waals surface area contributed by atoms with Crippen LogP contribution in [0.1, 0.15) is 56.8 Å². The normalized spacial score (nSPS) is 11.2. The zero-order valence-electron chi connectivity index (χ0n) is 22.0. The minimum atomic E-state index is -0.243. The van der Waals surface area contributed by atoms with Crippen LogP contribution in [0.3, 0.4) is 0 Å². The Kier molecular flexibility index (Phi) is 7.64. The monoisotopic (exact) mass is 513 g/mol. The Balaban J connectivity index is 1.83. The predicted molar refractivity (Wildman–Crippen MR) is 150 cm³/mol. The first-order valence-corrected chi connectivity index (χ1v) is 13.2. The van der Waals surface area contributed by atoms with Gasteiger partial charge in [0.05, 0.1) is 22.3 Å². The Hall–Kier alpha value is -3.71. The number of aryl methyl sites for hydroxylation is 4. The zero-order valence-corrected chi connectivity index (χ0v) is 22.8. The number of fused-ring (bicyclic) bond motifs is 1. The number of aromatic nitrogens is 2. The maximum atomic E-state index is 13.8. The highest BCUT2D eigenvalue weighted by atomic mass is 32.2. The van der Waals surface area contributed by atoms with E-state index in [9.17, 15) is 14.4 Å². The SMILES string of the molecule is Cc1cc(C)cc(-n2c(SCC(=O)c3cc(C)ccc3C)nc3cc(C(=O)NC(C)C)ccc3c2=O)c1. The summed E-state index contributed by atoms with van der Waals surface area (Å²) >= 11 is 1.23. The summed E-state index contributed by atoms with van der Waals surface area (Å²) in [7, 11) is 0. The second-order valence-electron chi connectivity index (χ2n) is 9.77. The van der Waals surface area contributed by atoms with E-state index in [1.54, 1.807) is 22.8 Å². The first-order valence-electron chi connectivity index (χ1n) is 12.2. The Labute approximate surface area is 221 Å². The summed E-state index contributed by atoms with van der Waals surface area (Å²) in [5.41, 5.74) is 5.94. The molecule has 0 atom stereocenters. The fraction of sp³-hybridized carbons (Fsp3) is 0.267. The van der Waals surface area contributed by atoms with Gasteiger partial charge in [-0.2, -0.15) is 0 Å². The Morgan fingerprint density at radius 1 is 0.919 bits per heavy atom. The van der Waals surface area contributed by atoms with Gasteiger partial charge >= 0.3 is 0 Å². The molecule has 4 rings (SSSR count). The lowest BCUT2D eigenvalue weighted by atomic mass is 10.0. The van der Waals surface area contributed by atoms with E-state index in [0.717, 1.165) is 22.3 Å². The van der Waals surface area contributed by atoms with Gasteiger partial charge in [-0.05, 0) is 94.6 Å². The molecule has 0 saturated carbocycles. The van der Waals surface area contributed by atoms with Gasteiger partial charge < -0.3 is 5.32 Å². The van der Waals surface area contributed by atoms with Crippen molar-refractivity contribution in [1.29, 1.82) is 0 Å². The lowest BCUT2D eigenvalue weighted by molar-refractivity contribution is 0.0942. The number of Topliss-reactive ketones (excluding diaryl/α,β-unsaturated/α-hetero) is 1. The highest BCUT2D eigenvalue weighted by molar-refractivity contribution is 7.99. The fourth-order valence-electron chi connectivity index (χ4n) is 4.30. The van der Waals surface area contributed by atoms with E-state index in [0.29, 0.717) is 32.9 Å². The largest absolute Gasteiger partial charge is 0.350 e. The molecule has 7 heteroatoms. The number of nitrogens with zero attached hydrogens (tertiary/aromatic N) is 2. The predicted octanol–water partition coefficient (Wildman–Crippen LogP) is 5.73. The van der Waals surface area contributed by atoms with E-state index in [1.165, 1.54) is 11.8 Å². The molecule has 0 spiro atoms. The van der Waals surface area contributed by atoms with Gasteiger partial charge in [0, 0.05) is 17.2 Å². The number of hydrogen-bond donors (Lipinski definition) is 1. The van der Waals surface area contributed by atoms with Gasteiger partial charge in [0.25, 0.3) is 11.5 Å². The molecule has 4 aromatic rings. The third kappa shape index (κ3) is 5.83. The molecule has 190 valence electrons. The van der Waals surface area contributed by atoms with Crippen molar-refractivity contribution in [2.45, 2.75) is 52.7 Å². The molecule has 1 N–H and O–H groups in total. The number of rotatable bonds is 7. The van der Waals surface area contributed by atoms with Crippen molar-refractivity contribution in [2.24, 2.45) is 0 Å². The van der Waals surface area contributed by atoms with Gasteiger partial charge in [-0.3, -0.25) is 19.0 Å². The van der Waals surface area contributed by atoms with Crippen LogP contribution >= 0.6 is 11.8 Å². The van der Waals surface area contributed by atoms with Crippen LogP contribution in [0.15, 0.2) is 64.5 Å². The average molecular weight is 514 g/mol. The van der Waals surface area contributed by atoms with Crippen LogP contribution in [0.4, 0.5) is 0 Å². The number of hydrogen-bond acceptors (Lipinski definition) is 5. The molecule has 1 aromatic heterocycles. The molecule has 0 aliphatic heterocycles. The minimum Gasteiger partial charge on any atom is -0.350 e. The number of carbonyl (C=O) groups is 2. The van der Waals surface area contributed by atoms with Gasteiger partial charge in [-0.15, -0.1) is 0 Å². The van der Waals surface area contributed by atoms with Crippen molar-refractivity contribution < 1.29 is 9.59 Å². The Morgan fingerprint density at radius 3 is 2.30 bits per heavy atom. The molecule has 37 heavy (non-hydrogen) atoms. The van der Waals surface area contributed by atoms with Gasteiger partial charge in [0.15, 0.2) is 10.9 Å². The molecule has 0 aliphatic carbocycles. The first-order chi connectivity index (χ1) is 17.5. The van der Waals surface area contributed by atoms with Crippen LogP contribution in [-0.2, 0) is 0 Å². The Morgan fingerprint density at radius 2 is 1.62 bits per heavy atom. The molecule has 6 nitrogen and oxygen atoms in total. The van der Waals surface area contributed by atoms with Crippen LogP contribution in [0.5, 0.6) is 0 Å². The summed E-state index contributed by atoms with van der Waals surface area (Å²) in [5.74, 6) is -0.130. The van der Waals surface area contributed by atoms with Crippen molar-refractivity contribution >= 4 is 34.4 Å². The summed E-state index contributed by atoms with van der Waals surface area (Å²) < 4.78 is 1.57. The molecular weight excluding hydrogens is 482 g/mol. The van der Waals surface area contributed by atoms with E-state index >= 15 is 0 Å². The summed E-state index contributed by atoms with van der Waals surface area (Å²) in [6, 6.07) is 16.6. The number of thioether (sulfide) groups is 1. The number of nitrogens with one attached hydrogen (secondary N) is 1. The summed E-state index contributed by atoms with van der Waals surface area (Å²) in [5, 5.41) is 3.68. The molecule has 0 fully saturated rings. The molecule has 0 unspecified atom stereocenters. The quantitative estimate of drug-likeness (QED) is 0.194. The van der Waals surface area contributed by atoms with Crippen LogP contribution < -0.4 is 10.9 Å². The zero-order chi connectivity index (χ0) is 26.9. The number of amides is 1. The summed E-state index contributed by atoms with van der Waals surface area (Å²) in [6.07, 6.45) is 0. The average Bonchev–Trinajstić information content (AvgIpc) is 2.82. The molecule has 0 aliphatic rings. The Bertz CT molecular complexity index is 1570. The molecule has 0 radical (unpaired) electrons. The standard InChI is InChI=1S/C30H31N3O3S/c1-17(2)31-28(35)22-9-10-24-26(15-22)32-30(33(29(24)36)23-12-19(4)11-20(5)13-23)37-16-27(34)25-14-18(3)7-8-21(25)6/h7-15,17H,16H2,1-6H3,(H,31,35). The molecular formula is C30H31N3O3S. The van der Waals surface area contributed by atoms with Crippen LogP contribution in [-0.4, -0.2) is 33.0 Å². The topological polar surface area (TPSA) is 81.1 Å². The number of carbonyl (C=O) groups excluding carboxylic acids is 2. The second kappa shape index (κ2) is 10.7. The van der Waals surface area contributed by atoms with Crippen molar-refractivity contribution in [3.05, 3.63) is 98.3 Å². The van der Waals surface area contributed by atoms with E-state index in [1.807, 2.05) is 77.9 Å². The van der Waals surface area contributed by atoms with Crippen LogP contribution in [0.25, 0.3) is 16.6 Å². The van der Waals surface area contributed by atoms with Crippen molar-refractivity contribution in [1.82, 2.24) is 14.9 Å². The highest BCUT2D eigenvalue weighted by Gasteiger charge is 2.18. The van der Waals surface area contributed by atoms with Gasteiger partial charge in [-0.25, -0.2) is 4.98 Å². The number of benzene rings is 3. The third-order valence-corrected chi connectivity index (χ3v) is 6.95. The third-order valence-electron chi connectivity index (χ3n) is 6.01. The van der Waals surface area contributed by atoms with E-state index < -0.39 is 0 Å². The molecule has 3 aromatic carbocycles. The molecule has 1 amide bonds. The summed E-state index contributed by atoms with van der Waals surface area (Å²) in [4.78, 5) is 44.3. The summed E-state index contributed by atoms with van der Waals surface area (Å²) in [6.45, 7) is 11.6. The molecule has 1 heterocycles. The fourth-order valence-corrected chi connectivity index (χ4v) is 5.20.